The van der Waals surface area contributed by atoms with E-state index in [1.807, 2.05) is 60.7 Å². The van der Waals surface area contributed by atoms with Gasteiger partial charge in [-0.25, -0.2) is 4.99 Å². The van der Waals surface area contributed by atoms with Gasteiger partial charge in [0.05, 0.1) is 22.8 Å². The number of para-hydroxylation sites is 1. The maximum atomic E-state index is 13.0. The van der Waals surface area contributed by atoms with Gasteiger partial charge < -0.3 is 0 Å². The molecule has 0 spiro atoms. The summed E-state index contributed by atoms with van der Waals surface area (Å²) in [6.07, 6.45) is 6.97. The second kappa shape index (κ2) is 7.97. The van der Waals surface area contributed by atoms with Crippen LogP contribution in [-0.2, 0) is 11.3 Å². The van der Waals surface area contributed by atoms with Crippen LogP contribution in [0.5, 0.6) is 0 Å². The highest BCUT2D eigenvalue weighted by molar-refractivity contribution is 8.18. The van der Waals surface area contributed by atoms with Gasteiger partial charge in [-0.3, -0.25) is 19.7 Å². The molecule has 6 heteroatoms. The van der Waals surface area contributed by atoms with Gasteiger partial charge in [0, 0.05) is 18.6 Å². The average Bonchev–Trinajstić information content (AvgIpc) is 2.99. The van der Waals surface area contributed by atoms with E-state index >= 15 is 0 Å². The summed E-state index contributed by atoms with van der Waals surface area (Å²) < 4.78 is 0. The molecular formula is C21H16N4OS. The summed E-state index contributed by atoms with van der Waals surface area (Å²) in [6.45, 7) is 0.444. The van der Waals surface area contributed by atoms with Gasteiger partial charge in [0.1, 0.15) is 0 Å². The molecule has 4 rings (SSSR count). The lowest BCUT2D eigenvalue weighted by atomic mass is 10.2. The topological polar surface area (TPSA) is 58.5 Å². The summed E-state index contributed by atoms with van der Waals surface area (Å²) >= 11 is 1.37. The highest BCUT2D eigenvalue weighted by Gasteiger charge is 2.33. The van der Waals surface area contributed by atoms with Crippen molar-refractivity contribution in [2.75, 3.05) is 0 Å². The highest BCUT2D eigenvalue weighted by atomic mass is 32.2. The zero-order valence-electron chi connectivity index (χ0n) is 14.4. The van der Waals surface area contributed by atoms with Crippen molar-refractivity contribution < 1.29 is 4.79 Å². The Morgan fingerprint density at radius 1 is 0.963 bits per heavy atom. The van der Waals surface area contributed by atoms with Crippen LogP contribution in [0.3, 0.4) is 0 Å². The summed E-state index contributed by atoms with van der Waals surface area (Å²) in [7, 11) is 0. The van der Waals surface area contributed by atoms with Crippen molar-refractivity contribution in [2.24, 2.45) is 4.99 Å². The first-order valence-electron chi connectivity index (χ1n) is 8.45. The fraction of sp³-hybridized carbons (Fsp3) is 0.0476. The number of aromatic nitrogens is 2. The lowest BCUT2D eigenvalue weighted by Gasteiger charge is -2.15. The van der Waals surface area contributed by atoms with Crippen LogP contribution in [-0.4, -0.2) is 25.9 Å². The molecule has 3 aromatic rings. The van der Waals surface area contributed by atoms with Crippen LogP contribution in [0.1, 0.15) is 11.3 Å². The van der Waals surface area contributed by atoms with Gasteiger partial charge in [-0.1, -0.05) is 24.3 Å². The minimum Gasteiger partial charge on any atom is -0.282 e. The quantitative estimate of drug-likeness (QED) is 0.642. The van der Waals surface area contributed by atoms with Crippen molar-refractivity contribution >= 4 is 34.6 Å². The van der Waals surface area contributed by atoms with E-state index in [2.05, 4.69) is 15.0 Å². The third-order valence-corrected chi connectivity index (χ3v) is 4.93. The van der Waals surface area contributed by atoms with Crippen molar-refractivity contribution in [1.82, 2.24) is 14.9 Å². The van der Waals surface area contributed by atoms with Crippen molar-refractivity contribution in [2.45, 2.75) is 6.54 Å². The molecule has 0 aliphatic carbocycles. The summed E-state index contributed by atoms with van der Waals surface area (Å²) in [5.41, 5.74) is 2.56. The SMILES string of the molecule is O=C1/C(=C\c2ccccn2)SC(=Nc2ccccc2)N1Cc1ccncc1. The Balaban J connectivity index is 1.69. The Hall–Kier alpha value is -3.25. The van der Waals surface area contributed by atoms with E-state index in [1.165, 1.54) is 11.8 Å². The van der Waals surface area contributed by atoms with Gasteiger partial charge in [-0.2, -0.15) is 0 Å². The van der Waals surface area contributed by atoms with Crippen LogP contribution >= 0.6 is 11.8 Å². The van der Waals surface area contributed by atoms with Crippen LogP contribution in [0.2, 0.25) is 0 Å². The smallest absolute Gasteiger partial charge is 0.267 e. The number of thioether (sulfide) groups is 1. The summed E-state index contributed by atoms with van der Waals surface area (Å²) in [6, 6.07) is 19.1. The van der Waals surface area contributed by atoms with E-state index in [0.29, 0.717) is 16.6 Å². The van der Waals surface area contributed by atoms with Crippen molar-refractivity contribution in [3.8, 4) is 0 Å². The van der Waals surface area contributed by atoms with E-state index < -0.39 is 0 Å². The first kappa shape index (κ1) is 17.2. The molecule has 1 amide bonds. The number of amidine groups is 1. The number of hydrogen-bond donors (Lipinski definition) is 0. The zero-order valence-corrected chi connectivity index (χ0v) is 15.2. The number of aliphatic imine (C=N–C) groups is 1. The number of benzene rings is 1. The Morgan fingerprint density at radius 3 is 2.48 bits per heavy atom. The van der Waals surface area contributed by atoms with Crippen LogP contribution in [0.15, 0.2) is 89.2 Å². The summed E-state index contributed by atoms with van der Waals surface area (Å²) in [5.74, 6) is -0.0721. The Kier molecular flexibility index (Phi) is 5.07. The predicted molar refractivity (Wildman–Crippen MR) is 108 cm³/mol. The standard InChI is InChI=1S/C21H16N4OS/c26-20-19(14-18-8-4-5-11-23-18)27-21(24-17-6-2-1-3-7-17)25(20)15-16-9-12-22-13-10-16/h1-14H,15H2/b19-14+,24-21?. The first-order valence-corrected chi connectivity index (χ1v) is 9.26. The molecule has 5 nitrogen and oxygen atoms in total. The molecule has 0 saturated carbocycles. The molecule has 0 bridgehead atoms. The molecule has 0 unspecified atom stereocenters. The average molecular weight is 372 g/mol. The molecule has 1 fully saturated rings. The Bertz CT molecular complexity index is 988. The summed E-state index contributed by atoms with van der Waals surface area (Å²) in [5, 5.41) is 0.658. The molecule has 1 aromatic carbocycles. The number of pyridine rings is 2. The normalized spacial score (nSPS) is 17.0. The largest absolute Gasteiger partial charge is 0.282 e. The molecule has 0 radical (unpaired) electrons. The number of nitrogens with zero attached hydrogens (tertiary/aromatic N) is 4. The van der Waals surface area contributed by atoms with E-state index in [0.717, 1.165) is 16.9 Å². The minimum atomic E-state index is -0.0721. The van der Waals surface area contributed by atoms with Crippen LogP contribution in [0, 0.1) is 0 Å². The van der Waals surface area contributed by atoms with Crippen molar-refractivity contribution in [3.63, 3.8) is 0 Å². The van der Waals surface area contributed by atoms with Gasteiger partial charge in [0.2, 0.25) is 0 Å². The lowest BCUT2D eigenvalue weighted by molar-refractivity contribution is -0.122. The van der Waals surface area contributed by atoms with Gasteiger partial charge in [0.15, 0.2) is 5.17 Å². The number of rotatable bonds is 4. The van der Waals surface area contributed by atoms with E-state index in [-0.39, 0.29) is 5.91 Å². The van der Waals surface area contributed by atoms with Crippen LogP contribution in [0.4, 0.5) is 5.69 Å². The molecule has 3 heterocycles. The molecule has 2 aromatic heterocycles. The fourth-order valence-corrected chi connectivity index (χ4v) is 3.59. The molecular weight excluding hydrogens is 356 g/mol. The van der Waals surface area contributed by atoms with Gasteiger partial charge >= 0.3 is 0 Å². The van der Waals surface area contributed by atoms with E-state index in [1.54, 1.807) is 29.6 Å². The number of carbonyl (C=O) groups excluding carboxylic acids is 1. The van der Waals surface area contributed by atoms with E-state index in [9.17, 15) is 4.79 Å². The van der Waals surface area contributed by atoms with Gasteiger partial charge in [0.25, 0.3) is 5.91 Å². The maximum Gasteiger partial charge on any atom is 0.267 e. The van der Waals surface area contributed by atoms with Crippen molar-refractivity contribution in [1.29, 1.82) is 0 Å². The van der Waals surface area contributed by atoms with Crippen LogP contribution in [0.25, 0.3) is 6.08 Å². The second-order valence-corrected chi connectivity index (χ2v) is 6.85. The molecule has 0 N–H and O–H groups in total. The Morgan fingerprint density at radius 2 is 1.74 bits per heavy atom. The minimum absolute atomic E-state index is 0.0721. The molecule has 1 aliphatic rings. The molecule has 0 atom stereocenters. The predicted octanol–water partition coefficient (Wildman–Crippen LogP) is 4.28. The van der Waals surface area contributed by atoms with Crippen LogP contribution < -0.4 is 0 Å². The second-order valence-electron chi connectivity index (χ2n) is 5.84. The third kappa shape index (κ3) is 4.12. The first-order chi connectivity index (χ1) is 13.3. The Labute approximate surface area is 161 Å². The van der Waals surface area contributed by atoms with Gasteiger partial charge in [-0.05, 0) is 59.8 Å². The maximum absolute atomic E-state index is 13.0. The molecule has 27 heavy (non-hydrogen) atoms. The number of carbonyl (C=O) groups is 1. The summed E-state index contributed by atoms with van der Waals surface area (Å²) in [4.78, 5) is 28.3. The third-order valence-electron chi connectivity index (χ3n) is 3.93. The molecule has 1 saturated heterocycles. The fourth-order valence-electron chi connectivity index (χ4n) is 2.61. The van der Waals surface area contributed by atoms with E-state index in [4.69, 9.17) is 0 Å². The molecule has 1 aliphatic heterocycles. The highest BCUT2D eigenvalue weighted by Crippen LogP contribution is 2.34. The van der Waals surface area contributed by atoms with Gasteiger partial charge in [-0.15, -0.1) is 0 Å². The van der Waals surface area contributed by atoms with Crippen molar-refractivity contribution in [3.05, 3.63) is 95.4 Å². The number of amides is 1. The monoisotopic (exact) mass is 372 g/mol. The lowest BCUT2D eigenvalue weighted by Crippen LogP contribution is -2.28. The zero-order chi connectivity index (χ0) is 18.5. The number of hydrogen-bond acceptors (Lipinski definition) is 5. The molecule has 132 valence electrons.